The van der Waals surface area contributed by atoms with Gasteiger partial charge in [-0.2, -0.15) is 0 Å². The third-order valence-electron chi connectivity index (χ3n) is 8.84. The highest BCUT2D eigenvalue weighted by Gasteiger charge is 2.33. The van der Waals surface area contributed by atoms with Gasteiger partial charge in [-0.05, 0) is 67.5 Å². The number of Topliss-reactive ketones (excluding diaryl/α,β-unsaturated/α-hetero) is 1. The first-order chi connectivity index (χ1) is 24.5. The van der Waals surface area contributed by atoms with Gasteiger partial charge in [-0.25, -0.2) is 4.79 Å². The molecule has 3 aromatic rings. The number of ketones is 1. The number of esters is 1. The predicted molar refractivity (Wildman–Crippen MR) is 190 cm³/mol. The van der Waals surface area contributed by atoms with E-state index in [1.54, 1.807) is 55.5 Å². The maximum atomic E-state index is 13.8. The van der Waals surface area contributed by atoms with Gasteiger partial charge in [-0.3, -0.25) is 14.4 Å². The number of hydrogen-bond donors (Lipinski definition) is 4. The Morgan fingerprint density at radius 3 is 2.27 bits per heavy atom. The van der Waals surface area contributed by atoms with Gasteiger partial charge in [0.1, 0.15) is 28.9 Å². The number of carbonyl (C=O) groups is 4. The van der Waals surface area contributed by atoms with Crippen molar-refractivity contribution in [1.82, 2.24) is 5.32 Å². The molecule has 2 amide bonds. The topological polar surface area (TPSA) is 184 Å². The van der Waals surface area contributed by atoms with Gasteiger partial charge in [0.25, 0.3) is 0 Å². The number of hydrogen-bond acceptors (Lipinski definition) is 10. The summed E-state index contributed by atoms with van der Waals surface area (Å²) in [4.78, 5) is 52.2. The van der Waals surface area contributed by atoms with Gasteiger partial charge in [0, 0.05) is 37.2 Å². The largest absolute Gasteiger partial charge is 0.507 e. The lowest BCUT2D eigenvalue weighted by atomic mass is 9.84. The number of methoxy groups -OCH3 is 3. The van der Waals surface area contributed by atoms with Gasteiger partial charge in [-0.1, -0.05) is 42.5 Å². The summed E-state index contributed by atoms with van der Waals surface area (Å²) in [5.74, 6) is -3.44. The number of cyclic esters (lactones) is 1. The van der Waals surface area contributed by atoms with Gasteiger partial charge in [0.15, 0.2) is 11.5 Å². The Hall–Kier alpha value is -5.52. The van der Waals surface area contributed by atoms with Crippen molar-refractivity contribution in [2.24, 2.45) is 5.73 Å². The fourth-order valence-electron chi connectivity index (χ4n) is 6.22. The van der Waals surface area contributed by atoms with Crippen LogP contribution in [0, 0.1) is 0 Å². The first kappa shape index (κ1) is 38.3. The summed E-state index contributed by atoms with van der Waals surface area (Å²) >= 11 is 0. The van der Waals surface area contributed by atoms with Crippen LogP contribution < -0.4 is 25.3 Å². The number of carbonyl (C=O) groups excluding carboxylic acids is 4. The van der Waals surface area contributed by atoms with Crippen LogP contribution in [0.25, 0.3) is 6.08 Å². The van der Waals surface area contributed by atoms with E-state index in [1.807, 2.05) is 6.07 Å². The minimum atomic E-state index is -1.12. The monoisotopic (exact) mass is 702 g/mol. The van der Waals surface area contributed by atoms with E-state index in [0.29, 0.717) is 44.1 Å². The average molecular weight is 703 g/mol. The van der Waals surface area contributed by atoms with Crippen LogP contribution in [-0.4, -0.2) is 67.3 Å². The highest BCUT2D eigenvalue weighted by molar-refractivity contribution is 5.98. The molecule has 1 aliphatic heterocycles. The second kappa shape index (κ2) is 17.9. The third kappa shape index (κ3) is 9.80. The summed E-state index contributed by atoms with van der Waals surface area (Å²) < 4.78 is 22.3. The maximum absolute atomic E-state index is 13.8. The van der Waals surface area contributed by atoms with E-state index in [4.69, 9.17) is 24.7 Å². The molecule has 12 nitrogen and oxygen atoms in total. The number of phenols is 2. The molecule has 0 aliphatic carbocycles. The molecule has 272 valence electrons. The zero-order chi connectivity index (χ0) is 37.1. The van der Waals surface area contributed by atoms with Crippen LogP contribution >= 0.6 is 0 Å². The van der Waals surface area contributed by atoms with Crippen LogP contribution in [0.1, 0.15) is 90.4 Å². The highest BCUT2D eigenvalue weighted by Crippen LogP contribution is 2.47. The number of rotatable bonds is 11. The number of primary amides is 1. The summed E-state index contributed by atoms with van der Waals surface area (Å²) in [5, 5.41) is 26.2. The van der Waals surface area contributed by atoms with E-state index in [1.165, 1.54) is 27.4 Å². The van der Waals surface area contributed by atoms with Gasteiger partial charge < -0.3 is 40.2 Å². The Balaban J connectivity index is 1.85. The zero-order valence-corrected chi connectivity index (χ0v) is 29.4. The van der Waals surface area contributed by atoms with Crippen molar-refractivity contribution in [3.8, 4) is 28.7 Å². The normalized spacial score (nSPS) is 16.5. The van der Waals surface area contributed by atoms with Gasteiger partial charge in [0.2, 0.25) is 17.6 Å². The van der Waals surface area contributed by atoms with Gasteiger partial charge in [0.05, 0.1) is 27.4 Å². The van der Waals surface area contributed by atoms with Gasteiger partial charge >= 0.3 is 5.97 Å². The molecule has 0 bridgehead atoms. The van der Waals surface area contributed by atoms with Crippen molar-refractivity contribution in [2.75, 3.05) is 21.3 Å². The maximum Gasteiger partial charge on any atom is 0.342 e. The number of benzene rings is 3. The van der Waals surface area contributed by atoms with E-state index in [9.17, 15) is 29.4 Å². The molecule has 0 spiro atoms. The second-order valence-electron chi connectivity index (χ2n) is 12.5. The predicted octanol–water partition coefficient (Wildman–Crippen LogP) is 5.34. The quantitative estimate of drug-likeness (QED) is 0.190. The highest BCUT2D eigenvalue weighted by atomic mass is 16.5. The summed E-state index contributed by atoms with van der Waals surface area (Å²) in [7, 11) is 4.28. The van der Waals surface area contributed by atoms with Crippen LogP contribution in [0.5, 0.6) is 28.7 Å². The molecule has 12 heteroatoms. The van der Waals surface area contributed by atoms with Crippen molar-refractivity contribution < 1.29 is 48.3 Å². The molecule has 3 unspecified atom stereocenters. The zero-order valence-electron chi connectivity index (χ0n) is 29.4. The number of nitrogens with two attached hydrogens (primary N) is 1. The van der Waals surface area contributed by atoms with Crippen LogP contribution in [0.15, 0.2) is 54.6 Å². The smallest absolute Gasteiger partial charge is 0.342 e. The standard InChI is InChI=1S/C39H46N2O10/c1-23-12-11-17-27(42)16-10-6-9-15-25-19-30(43)35(36(45)34(25)39(47)51-23)28(26-20-31(48-2)37(50-4)32(21-26)49-3)22-33(44)41-29(38(40)46)18-24-13-7-5-8-14-24/h5,7-9,13-15,19-21,23,28-29,43,45H,6,10-12,16-18,22H2,1-4H3,(H2,40,46)(H,41,44). The number of aromatic hydroxyl groups is 2. The van der Waals surface area contributed by atoms with E-state index >= 15 is 0 Å². The number of phenolic OH excluding ortho intramolecular Hbond substituents is 2. The Labute approximate surface area is 297 Å². The molecule has 0 saturated carbocycles. The van der Waals surface area contributed by atoms with E-state index in [0.717, 1.165) is 5.56 Å². The fraction of sp³-hybridized carbons (Fsp3) is 0.385. The number of amides is 2. The number of allylic oxidation sites excluding steroid dienone is 1. The minimum Gasteiger partial charge on any atom is -0.507 e. The number of nitrogens with one attached hydrogen (secondary N) is 1. The summed E-state index contributed by atoms with van der Waals surface area (Å²) in [6.07, 6.45) is 5.40. The Bertz CT molecular complexity index is 1730. The Morgan fingerprint density at radius 2 is 1.65 bits per heavy atom. The van der Waals surface area contributed by atoms with Crippen LogP contribution in [0.3, 0.4) is 0 Å². The van der Waals surface area contributed by atoms with E-state index in [-0.39, 0.29) is 46.1 Å². The molecule has 0 fully saturated rings. The molecular formula is C39H46N2O10. The van der Waals surface area contributed by atoms with Gasteiger partial charge in [-0.15, -0.1) is 0 Å². The van der Waals surface area contributed by atoms with Crippen LogP contribution in [-0.2, 0) is 25.5 Å². The van der Waals surface area contributed by atoms with Crippen LogP contribution in [0.2, 0.25) is 0 Å². The third-order valence-corrected chi connectivity index (χ3v) is 8.84. The molecule has 0 saturated heterocycles. The molecule has 4 rings (SSSR count). The molecule has 1 aliphatic rings. The average Bonchev–Trinajstić information content (AvgIpc) is 3.09. The van der Waals surface area contributed by atoms with Crippen molar-refractivity contribution in [3.05, 3.63) is 82.4 Å². The lowest BCUT2D eigenvalue weighted by molar-refractivity contribution is -0.127. The molecular weight excluding hydrogens is 656 g/mol. The molecule has 5 N–H and O–H groups in total. The first-order valence-electron chi connectivity index (χ1n) is 16.9. The Kier molecular flexibility index (Phi) is 13.5. The van der Waals surface area contributed by atoms with E-state index in [2.05, 4.69) is 5.32 Å². The second-order valence-corrected chi connectivity index (χ2v) is 12.5. The molecule has 0 radical (unpaired) electrons. The molecule has 0 aromatic heterocycles. The summed E-state index contributed by atoms with van der Waals surface area (Å²) in [5.41, 5.74) is 6.67. The van der Waals surface area contributed by atoms with Crippen molar-refractivity contribution in [2.45, 2.75) is 76.4 Å². The lowest BCUT2D eigenvalue weighted by Crippen LogP contribution is -2.46. The van der Waals surface area contributed by atoms with Crippen molar-refractivity contribution in [3.63, 3.8) is 0 Å². The summed E-state index contributed by atoms with van der Waals surface area (Å²) in [6, 6.07) is 12.5. The first-order valence-corrected chi connectivity index (χ1v) is 16.9. The number of ether oxygens (including phenoxy) is 4. The lowest BCUT2D eigenvalue weighted by Gasteiger charge is -2.25. The molecule has 51 heavy (non-hydrogen) atoms. The van der Waals surface area contributed by atoms with Crippen molar-refractivity contribution >= 4 is 29.6 Å². The SMILES string of the molecule is COc1cc(C(CC(=O)NC(Cc2ccccc2)C(N)=O)c2c(O)cc3c(c2O)C(=O)OC(C)CCCC(=O)CCCC=C3)cc(OC)c1OC. The number of fused-ring (bicyclic) bond motifs is 1. The van der Waals surface area contributed by atoms with Crippen LogP contribution in [0.4, 0.5) is 0 Å². The minimum absolute atomic E-state index is 0.136. The summed E-state index contributed by atoms with van der Waals surface area (Å²) in [6.45, 7) is 1.70. The fourth-order valence-corrected chi connectivity index (χ4v) is 6.22. The molecule has 3 aromatic carbocycles. The Morgan fingerprint density at radius 1 is 0.980 bits per heavy atom. The molecule has 1 heterocycles. The van der Waals surface area contributed by atoms with E-state index < -0.39 is 53.8 Å². The molecule has 3 atom stereocenters. The van der Waals surface area contributed by atoms with Crippen molar-refractivity contribution in [1.29, 1.82) is 0 Å².